The van der Waals surface area contributed by atoms with Crippen molar-refractivity contribution >= 4 is 34.1 Å². The number of hydrogen-bond donors (Lipinski definition) is 2. The number of amides is 3. The van der Waals surface area contributed by atoms with Crippen molar-refractivity contribution in [2.45, 2.75) is 18.9 Å². The van der Waals surface area contributed by atoms with E-state index in [1.165, 1.54) is 0 Å². The van der Waals surface area contributed by atoms with Crippen LogP contribution in [-0.4, -0.2) is 34.5 Å². The maximum atomic E-state index is 13.4. The summed E-state index contributed by atoms with van der Waals surface area (Å²) in [5.74, 6) is 0.217. The van der Waals surface area contributed by atoms with Gasteiger partial charge in [0.05, 0.1) is 11.6 Å². The predicted octanol–water partition coefficient (Wildman–Crippen LogP) is 4.78. The summed E-state index contributed by atoms with van der Waals surface area (Å²) in [6, 6.07) is 25.3. The van der Waals surface area contributed by atoms with Crippen LogP contribution >= 0.6 is 0 Å². The SMILES string of the molecule is N#Cc1cccc(NC(=O)Nc2ccc3n(c2=O)C[C@@H]2C[C@@H]3CN(C(=O)c3ccc4ccccc4c3)C2)c1. The number of carbonyl (C=O) groups is 2. The van der Waals surface area contributed by atoms with E-state index in [0.29, 0.717) is 36.4 Å². The Morgan fingerprint density at radius 1 is 0.868 bits per heavy atom. The summed E-state index contributed by atoms with van der Waals surface area (Å²) in [5.41, 5.74) is 2.38. The molecule has 0 spiro atoms. The zero-order chi connectivity index (χ0) is 26.2. The van der Waals surface area contributed by atoms with E-state index in [4.69, 9.17) is 5.26 Å². The molecule has 188 valence electrons. The summed E-state index contributed by atoms with van der Waals surface area (Å²) in [5, 5.41) is 16.5. The minimum absolute atomic E-state index is 0.0108. The molecule has 2 N–H and O–H groups in total. The number of urea groups is 1. The molecule has 8 nitrogen and oxygen atoms in total. The van der Waals surface area contributed by atoms with Crippen molar-refractivity contribution in [2.24, 2.45) is 5.92 Å². The molecule has 1 saturated heterocycles. The van der Waals surface area contributed by atoms with Gasteiger partial charge in [0.25, 0.3) is 11.5 Å². The molecule has 4 aromatic rings. The van der Waals surface area contributed by atoms with Crippen LogP contribution in [0.15, 0.2) is 83.7 Å². The summed E-state index contributed by atoms with van der Waals surface area (Å²) in [4.78, 5) is 41.1. The van der Waals surface area contributed by atoms with Gasteiger partial charge in [0.2, 0.25) is 0 Å². The lowest BCUT2D eigenvalue weighted by Crippen LogP contribution is -2.49. The molecule has 1 aromatic heterocycles. The number of aromatic nitrogens is 1. The fourth-order valence-corrected chi connectivity index (χ4v) is 5.66. The van der Waals surface area contributed by atoms with Crippen molar-refractivity contribution in [3.63, 3.8) is 0 Å². The van der Waals surface area contributed by atoms with Gasteiger partial charge in [-0.3, -0.25) is 9.59 Å². The average Bonchev–Trinajstić information content (AvgIpc) is 2.94. The van der Waals surface area contributed by atoms with E-state index >= 15 is 0 Å². The molecule has 1 fully saturated rings. The number of nitriles is 1. The zero-order valence-electron chi connectivity index (χ0n) is 20.6. The minimum atomic E-state index is -0.555. The van der Waals surface area contributed by atoms with Gasteiger partial charge in [-0.1, -0.05) is 36.4 Å². The third-order valence-corrected chi connectivity index (χ3v) is 7.39. The number of piperidine rings is 1. The Labute approximate surface area is 219 Å². The molecule has 3 aromatic carbocycles. The minimum Gasteiger partial charge on any atom is -0.338 e. The number of likely N-dealkylation sites (tertiary alicyclic amines) is 1. The standard InChI is InChI=1S/C30H25N5O3/c31-15-19-4-3-7-25(13-19)32-30(38)33-26-10-11-27-24-12-20(17-35(27)29(26)37)16-34(18-24)28(36)23-9-8-21-5-1-2-6-22(21)14-23/h1-11,13-14,20,24H,12,16-18H2,(H2,32,33,38)/t20-,24-/m1/s1. The van der Waals surface area contributed by atoms with Gasteiger partial charge in [0, 0.05) is 42.5 Å². The molecule has 0 aliphatic carbocycles. The smallest absolute Gasteiger partial charge is 0.323 e. The molecule has 6 rings (SSSR count). The highest BCUT2D eigenvalue weighted by Gasteiger charge is 2.37. The largest absolute Gasteiger partial charge is 0.338 e. The number of benzene rings is 3. The van der Waals surface area contributed by atoms with Crippen LogP contribution in [0.4, 0.5) is 16.2 Å². The Morgan fingerprint density at radius 2 is 1.71 bits per heavy atom. The second-order valence-electron chi connectivity index (χ2n) is 9.93. The van der Waals surface area contributed by atoms with Crippen LogP contribution in [-0.2, 0) is 6.54 Å². The third-order valence-electron chi connectivity index (χ3n) is 7.39. The van der Waals surface area contributed by atoms with Gasteiger partial charge in [-0.05, 0) is 65.6 Å². The Morgan fingerprint density at radius 3 is 2.55 bits per heavy atom. The van der Waals surface area contributed by atoms with Crippen LogP contribution in [0, 0.1) is 17.2 Å². The number of pyridine rings is 1. The highest BCUT2D eigenvalue weighted by atomic mass is 16.2. The Kier molecular flexibility index (Phi) is 5.89. The molecule has 2 atom stereocenters. The second kappa shape index (κ2) is 9.52. The lowest BCUT2D eigenvalue weighted by molar-refractivity contribution is 0.0595. The Balaban J connectivity index is 1.19. The molecule has 3 heterocycles. The third kappa shape index (κ3) is 4.39. The fraction of sp³-hybridized carbons (Fsp3) is 0.200. The highest BCUT2D eigenvalue weighted by molar-refractivity contribution is 6.00. The number of rotatable bonds is 3. The van der Waals surface area contributed by atoms with E-state index in [1.54, 1.807) is 34.9 Å². The highest BCUT2D eigenvalue weighted by Crippen LogP contribution is 2.36. The van der Waals surface area contributed by atoms with Crippen molar-refractivity contribution in [2.75, 3.05) is 23.7 Å². The Bertz CT molecular complexity index is 1690. The van der Waals surface area contributed by atoms with Crippen LogP contribution in [0.25, 0.3) is 10.8 Å². The van der Waals surface area contributed by atoms with Gasteiger partial charge in [0.15, 0.2) is 0 Å². The lowest BCUT2D eigenvalue weighted by atomic mass is 9.83. The van der Waals surface area contributed by atoms with Crippen molar-refractivity contribution in [3.8, 4) is 6.07 Å². The van der Waals surface area contributed by atoms with Crippen LogP contribution in [0.1, 0.15) is 34.0 Å². The molecule has 38 heavy (non-hydrogen) atoms. The van der Waals surface area contributed by atoms with E-state index < -0.39 is 6.03 Å². The molecule has 0 unspecified atom stereocenters. The number of nitrogens with zero attached hydrogens (tertiary/aromatic N) is 3. The molecule has 3 amide bonds. The lowest BCUT2D eigenvalue weighted by Gasteiger charge is -2.43. The van der Waals surface area contributed by atoms with Crippen molar-refractivity contribution in [3.05, 3.63) is 106 Å². The van der Waals surface area contributed by atoms with E-state index in [1.807, 2.05) is 59.5 Å². The summed E-state index contributed by atoms with van der Waals surface area (Å²) in [6.07, 6.45) is 0.920. The molecular formula is C30H25N5O3. The molecule has 0 radical (unpaired) electrons. The van der Waals surface area contributed by atoms with Gasteiger partial charge < -0.3 is 20.1 Å². The first kappa shape index (κ1) is 23.5. The molecular weight excluding hydrogens is 478 g/mol. The zero-order valence-corrected chi connectivity index (χ0v) is 20.6. The van der Waals surface area contributed by atoms with Gasteiger partial charge in [-0.2, -0.15) is 5.26 Å². The Hall–Kier alpha value is -4.90. The van der Waals surface area contributed by atoms with E-state index in [9.17, 15) is 14.4 Å². The number of anilines is 2. The number of hydrogen-bond acceptors (Lipinski definition) is 4. The molecule has 2 aliphatic heterocycles. The topological polar surface area (TPSA) is 107 Å². The van der Waals surface area contributed by atoms with Gasteiger partial charge in [0.1, 0.15) is 5.69 Å². The van der Waals surface area contributed by atoms with Crippen LogP contribution in [0.2, 0.25) is 0 Å². The summed E-state index contributed by atoms with van der Waals surface area (Å²) < 4.78 is 1.74. The maximum Gasteiger partial charge on any atom is 0.323 e. The van der Waals surface area contributed by atoms with Gasteiger partial charge in [-0.25, -0.2) is 4.79 Å². The number of carbonyl (C=O) groups excluding carboxylic acids is 2. The maximum absolute atomic E-state index is 13.4. The second-order valence-corrected chi connectivity index (χ2v) is 9.93. The van der Waals surface area contributed by atoms with Gasteiger partial charge in [-0.15, -0.1) is 0 Å². The summed E-state index contributed by atoms with van der Waals surface area (Å²) in [6.45, 7) is 1.62. The average molecular weight is 504 g/mol. The van der Waals surface area contributed by atoms with E-state index in [-0.39, 0.29) is 29.0 Å². The van der Waals surface area contributed by atoms with E-state index in [2.05, 4.69) is 10.6 Å². The van der Waals surface area contributed by atoms with Crippen molar-refractivity contribution < 1.29 is 9.59 Å². The molecule has 2 aliphatic rings. The first-order valence-corrected chi connectivity index (χ1v) is 12.6. The summed E-state index contributed by atoms with van der Waals surface area (Å²) in [7, 11) is 0. The molecule has 0 saturated carbocycles. The number of fused-ring (bicyclic) bond motifs is 5. The van der Waals surface area contributed by atoms with Crippen LogP contribution in [0.3, 0.4) is 0 Å². The van der Waals surface area contributed by atoms with Crippen LogP contribution < -0.4 is 16.2 Å². The first-order valence-electron chi connectivity index (χ1n) is 12.6. The van der Waals surface area contributed by atoms with Gasteiger partial charge >= 0.3 is 6.03 Å². The van der Waals surface area contributed by atoms with Crippen molar-refractivity contribution in [1.82, 2.24) is 9.47 Å². The molecule has 2 bridgehead atoms. The number of nitrogens with one attached hydrogen (secondary N) is 2. The monoisotopic (exact) mass is 503 g/mol. The summed E-state index contributed by atoms with van der Waals surface area (Å²) >= 11 is 0. The normalized spacial score (nSPS) is 17.8. The fourth-order valence-electron chi connectivity index (χ4n) is 5.66. The van der Waals surface area contributed by atoms with Crippen molar-refractivity contribution in [1.29, 1.82) is 5.26 Å². The predicted molar refractivity (Wildman–Crippen MR) is 145 cm³/mol. The van der Waals surface area contributed by atoms with Crippen LogP contribution in [0.5, 0.6) is 0 Å². The molecule has 8 heteroatoms. The van der Waals surface area contributed by atoms with E-state index in [0.717, 1.165) is 22.9 Å². The quantitative estimate of drug-likeness (QED) is 0.420. The first-order chi connectivity index (χ1) is 18.5.